The molecule has 2 amide bonds. The van der Waals surface area contributed by atoms with E-state index in [4.69, 9.17) is 4.74 Å². The van der Waals surface area contributed by atoms with Crippen molar-refractivity contribution in [2.75, 3.05) is 6.61 Å². The lowest BCUT2D eigenvalue weighted by Crippen LogP contribution is -2.34. The second-order valence-electron chi connectivity index (χ2n) is 6.17. The Bertz CT molecular complexity index is 837. The van der Waals surface area contributed by atoms with E-state index in [0.717, 1.165) is 10.5 Å². The second-order valence-corrected chi connectivity index (χ2v) is 6.17. The molecule has 140 valence electrons. The molecule has 1 aliphatic rings. The summed E-state index contributed by atoms with van der Waals surface area (Å²) in [5.74, 6) is -0.728. The van der Waals surface area contributed by atoms with Crippen LogP contribution in [0.15, 0.2) is 59.8 Å². The molecule has 1 heterocycles. The predicted octanol–water partition coefficient (Wildman–Crippen LogP) is 3.89. The molecule has 3 rings (SSSR count). The Morgan fingerprint density at radius 3 is 2.52 bits per heavy atom. The summed E-state index contributed by atoms with van der Waals surface area (Å²) in [6, 6.07) is 14.4. The van der Waals surface area contributed by atoms with Gasteiger partial charge in [0.15, 0.2) is 0 Å². The summed E-state index contributed by atoms with van der Waals surface area (Å²) >= 11 is 0. The van der Waals surface area contributed by atoms with Gasteiger partial charge >= 0.3 is 6.09 Å². The van der Waals surface area contributed by atoms with Crippen molar-refractivity contribution >= 4 is 17.7 Å². The zero-order chi connectivity index (χ0) is 19.2. The number of halogens is 1. The Hall–Kier alpha value is -3.22. The number of hydrogen-bond acceptors (Lipinski definition) is 5. The zero-order valence-corrected chi connectivity index (χ0v) is 14.5. The predicted molar refractivity (Wildman–Crippen MR) is 96.0 cm³/mol. The number of imide groups is 1. The number of hydrogen-bond donors (Lipinski definition) is 1. The number of rotatable bonds is 6. The van der Waals surface area contributed by atoms with Gasteiger partial charge in [-0.15, -0.1) is 0 Å². The molecule has 0 saturated carbocycles. The zero-order valence-electron chi connectivity index (χ0n) is 14.5. The SMILES string of the molecule is O=C(CCC/C(=N/O)c1ccc(F)cc1)N1C(=O)OC[C@@H]1c1ccccc1. The number of amides is 2. The molecule has 1 saturated heterocycles. The third-order valence-electron chi connectivity index (χ3n) is 4.43. The van der Waals surface area contributed by atoms with Crippen LogP contribution >= 0.6 is 0 Å². The van der Waals surface area contributed by atoms with Gasteiger partial charge in [-0.05, 0) is 36.1 Å². The third-order valence-corrected chi connectivity index (χ3v) is 4.43. The highest BCUT2D eigenvalue weighted by molar-refractivity contribution is 6.00. The summed E-state index contributed by atoms with van der Waals surface area (Å²) in [4.78, 5) is 25.7. The van der Waals surface area contributed by atoms with E-state index in [2.05, 4.69) is 5.16 Å². The van der Waals surface area contributed by atoms with Crippen LogP contribution in [-0.2, 0) is 9.53 Å². The van der Waals surface area contributed by atoms with Gasteiger partial charge in [0.05, 0.1) is 5.71 Å². The maximum Gasteiger partial charge on any atom is 0.417 e. The Morgan fingerprint density at radius 2 is 1.85 bits per heavy atom. The highest BCUT2D eigenvalue weighted by Gasteiger charge is 2.38. The van der Waals surface area contributed by atoms with Gasteiger partial charge in [0, 0.05) is 6.42 Å². The summed E-state index contributed by atoms with van der Waals surface area (Å²) < 4.78 is 18.1. The van der Waals surface area contributed by atoms with Crippen LogP contribution in [0.4, 0.5) is 9.18 Å². The van der Waals surface area contributed by atoms with Crippen LogP contribution in [0.25, 0.3) is 0 Å². The molecule has 1 atom stereocenters. The monoisotopic (exact) mass is 370 g/mol. The van der Waals surface area contributed by atoms with Crippen molar-refractivity contribution < 1.29 is 23.9 Å². The molecule has 1 N–H and O–H groups in total. The number of ether oxygens (including phenoxy) is 1. The number of nitrogens with zero attached hydrogens (tertiary/aromatic N) is 2. The molecular formula is C20H19FN2O4. The largest absolute Gasteiger partial charge is 0.446 e. The summed E-state index contributed by atoms with van der Waals surface area (Å²) in [5, 5.41) is 12.4. The molecule has 7 heteroatoms. The van der Waals surface area contributed by atoms with Crippen molar-refractivity contribution in [3.05, 3.63) is 71.5 Å². The minimum atomic E-state index is -0.650. The van der Waals surface area contributed by atoms with E-state index in [1.54, 1.807) is 0 Å². The molecule has 0 aliphatic carbocycles. The van der Waals surface area contributed by atoms with E-state index in [9.17, 15) is 19.2 Å². The summed E-state index contributed by atoms with van der Waals surface area (Å²) in [6.45, 7) is 0.132. The Kier molecular flexibility index (Phi) is 5.80. The van der Waals surface area contributed by atoms with E-state index < -0.39 is 12.1 Å². The van der Waals surface area contributed by atoms with Crippen LogP contribution in [0.5, 0.6) is 0 Å². The lowest BCUT2D eigenvalue weighted by molar-refractivity contribution is -0.129. The first kappa shape index (κ1) is 18.6. The fourth-order valence-electron chi connectivity index (χ4n) is 3.04. The quantitative estimate of drug-likeness (QED) is 0.475. The van der Waals surface area contributed by atoms with Crippen molar-refractivity contribution in [2.24, 2.45) is 5.16 Å². The normalized spacial score (nSPS) is 17.1. The van der Waals surface area contributed by atoms with Gasteiger partial charge in [0.1, 0.15) is 18.5 Å². The molecular weight excluding hydrogens is 351 g/mol. The van der Waals surface area contributed by atoms with Crippen molar-refractivity contribution in [3.8, 4) is 0 Å². The highest BCUT2D eigenvalue weighted by Crippen LogP contribution is 2.28. The molecule has 2 aromatic carbocycles. The van der Waals surface area contributed by atoms with Gasteiger partial charge in [0.2, 0.25) is 5.91 Å². The minimum absolute atomic E-state index is 0.0959. The molecule has 0 bridgehead atoms. The van der Waals surface area contributed by atoms with Gasteiger partial charge in [0.25, 0.3) is 0 Å². The van der Waals surface area contributed by atoms with Crippen molar-refractivity contribution in [1.82, 2.24) is 4.90 Å². The topological polar surface area (TPSA) is 79.2 Å². The van der Waals surface area contributed by atoms with Gasteiger partial charge in [-0.2, -0.15) is 0 Å². The lowest BCUT2D eigenvalue weighted by Gasteiger charge is -2.19. The van der Waals surface area contributed by atoms with Crippen LogP contribution < -0.4 is 0 Å². The number of oxime groups is 1. The average Bonchev–Trinajstić information content (AvgIpc) is 3.08. The van der Waals surface area contributed by atoms with E-state index in [0.29, 0.717) is 24.1 Å². The summed E-state index contributed by atoms with van der Waals surface area (Å²) in [7, 11) is 0. The van der Waals surface area contributed by atoms with Crippen molar-refractivity contribution in [3.63, 3.8) is 0 Å². The van der Waals surface area contributed by atoms with E-state index >= 15 is 0 Å². The molecule has 1 fully saturated rings. The molecule has 0 spiro atoms. The van der Waals surface area contributed by atoms with Crippen LogP contribution in [0.1, 0.15) is 36.4 Å². The molecule has 27 heavy (non-hydrogen) atoms. The highest BCUT2D eigenvalue weighted by atomic mass is 19.1. The molecule has 0 radical (unpaired) electrons. The smallest absolute Gasteiger partial charge is 0.417 e. The third kappa shape index (κ3) is 4.31. The van der Waals surface area contributed by atoms with Gasteiger partial charge in [-0.1, -0.05) is 47.6 Å². The average molecular weight is 370 g/mol. The number of carbonyl (C=O) groups is 2. The fraction of sp³-hybridized carbons (Fsp3) is 0.250. The summed E-state index contributed by atoms with van der Waals surface area (Å²) in [6.07, 6.45) is 0.134. The van der Waals surface area contributed by atoms with Crippen LogP contribution in [0.3, 0.4) is 0 Å². The first-order chi connectivity index (χ1) is 13.1. The van der Waals surface area contributed by atoms with E-state index in [-0.39, 0.29) is 24.8 Å². The standard InChI is InChI=1S/C20H19FN2O4/c21-16-11-9-14(10-12-16)17(22-26)7-4-8-19(24)23-18(13-27-20(23)25)15-5-2-1-3-6-15/h1-3,5-6,9-12,18,26H,4,7-8,13H2/b22-17-/t18-/m1/s1. The van der Waals surface area contributed by atoms with E-state index in [1.807, 2.05) is 30.3 Å². The Balaban J connectivity index is 1.61. The molecule has 2 aromatic rings. The first-order valence-corrected chi connectivity index (χ1v) is 8.61. The molecule has 0 unspecified atom stereocenters. The maximum absolute atomic E-state index is 13.0. The number of carbonyl (C=O) groups excluding carboxylic acids is 2. The van der Waals surface area contributed by atoms with Crippen molar-refractivity contribution in [2.45, 2.75) is 25.3 Å². The maximum atomic E-state index is 13.0. The summed E-state index contributed by atoms with van der Waals surface area (Å²) in [5.41, 5.74) is 1.76. The van der Waals surface area contributed by atoms with Crippen LogP contribution in [0.2, 0.25) is 0 Å². The van der Waals surface area contributed by atoms with E-state index in [1.165, 1.54) is 24.3 Å². The van der Waals surface area contributed by atoms with Crippen LogP contribution in [0, 0.1) is 5.82 Å². The van der Waals surface area contributed by atoms with Crippen LogP contribution in [-0.4, -0.2) is 34.4 Å². The number of benzene rings is 2. The van der Waals surface area contributed by atoms with Gasteiger partial charge < -0.3 is 9.94 Å². The Morgan fingerprint density at radius 1 is 1.15 bits per heavy atom. The second kappa shape index (κ2) is 8.44. The number of cyclic esters (lactones) is 1. The van der Waals surface area contributed by atoms with Crippen molar-refractivity contribution in [1.29, 1.82) is 0 Å². The van der Waals surface area contributed by atoms with Gasteiger partial charge in [-0.3, -0.25) is 4.79 Å². The Labute approximate surface area is 155 Å². The minimum Gasteiger partial charge on any atom is -0.446 e. The fourth-order valence-corrected chi connectivity index (χ4v) is 3.04. The molecule has 0 aromatic heterocycles. The molecule has 6 nitrogen and oxygen atoms in total. The van der Waals surface area contributed by atoms with Gasteiger partial charge in [-0.25, -0.2) is 14.1 Å². The first-order valence-electron chi connectivity index (χ1n) is 8.61. The molecule has 1 aliphatic heterocycles. The lowest BCUT2D eigenvalue weighted by atomic mass is 10.0.